The molecule has 0 aliphatic heterocycles. The smallest absolute Gasteiger partial charge is 0.339 e. The molecule has 0 amide bonds. The van der Waals surface area contributed by atoms with Crippen LogP contribution in [0, 0.1) is 0 Å². The fraction of sp³-hybridized carbons (Fsp3) is 0.143. The number of anilines is 1. The minimum Gasteiger partial charge on any atom is -0.478 e. The number of carboxylic acid groups (broad SMARTS) is 1. The lowest BCUT2D eigenvalue weighted by Gasteiger charge is -2.12. The van der Waals surface area contributed by atoms with Crippen LogP contribution in [0.25, 0.3) is 10.9 Å². The lowest BCUT2D eigenvalue weighted by atomic mass is 10.1. The molecule has 0 spiro atoms. The zero-order chi connectivity index (χ0) is 14.7. The van der Waals surface area contributed by atoms with Crippen LogP contribution in [0.1, 0.15) is 10.4 Å². The van der Waals surface area contributed by atoms with Gasteiger partial charge in [-0.05, 0) is 6.07 Å². The minimum absolute atomic E-state index is 0.160. The van der Waals surface area contributed by atoms with E-state index in [0.717, 1.165) is 10.9 Å². The summed E-state index contributed by atoms with van der Waals surface area (Å²) in [5.74, 6) is -1.00. The average Bonchev–Trinajstić information content (AvgIpc) is 3.00. The maximum atomic E-state index is 11.3. The molecule has 0 unspecified atom stereocenters. The number of carboxylic acids is 1. The van der Waals surface area contributed by atoms with E-state index in [1.54, 1.807) is 17.1 Å². The molecule has 0 atom stereocenters. The lowest BCUT2D eigenvalue weighted by Crippen LogP contribution is -2.14. The number of benzene rings is 1. The molecule has 0 radical (unpaired) electrons. The third-order valence-corrected chi connectivity index (χ3v) is 3.12. The Balaban J connectivity index is 1.90. The molecule has 2 heterocycles. The number of aromatic nitrogens is 4. The van der Waals surface area contributed by atoms with Crippen molar-refractivity contribution in [1.82, 2.24) is 20.0 Å². The number of aromatic carboxylic acids is 1. The van der Waals surface area contributed by atoms with Crippen molar-refractivity contribution < 1.29 is 9.90 Å². The predicted octanol–water partition coefficient (Wildman–Crippen LogP) is 1.64. The van der Waals surface area contributed by atoms with E-state index < -0.39 is 5.97 Å². The van der Waals surface area contributed by atoms with Gasteiger partial charge < -0.3 is 10.4 Å². The van der Waals surface area contributed by atoms with E-state index in [4.69, 9.17) is 0 Å². The van der Waals surface area contributed by atoms with Crippen LogP contribution in [0.2, 0.25) is 0 Å². The molecule has 106 valence electrons. The third kappa shape index (κ3) is 2.66. The van der Waals surface area contributed by atoms with Crippen molar-refractivity contribution in [2.45, 2.75) is 6.54 Å². The number of carbonyl (C=O) groups is 1. The summed E-state index contributed by atoms with van der Waals surface area (Å²) in [6, 6.07) is 7.43. The number of hydrogen-bond donors (Lipinski definition) is 2. The van der Waals surface area contributed by atoms with Gasteiger partial charge in [-0.1, -0.05) is 23.4 Å². The first-order valence-corrected chi connectivity index (χ1v) is 6.45. The Morgan fingerprint density at radius 3 is 2.95 bits per heavy atom. The van der Waals surface area contributed by atoms with Crippen LogP contribution < -0.4 is 5.32 Å². The van der Waals surface area contributed by atoms with Crippen molar-refractivity contribution in [1.29, 1.82) is 0 Å². The minimum atomic E-state index is -1.00. The number of hydrogen-bond acceptors (Lipinski definition) is 5. The van der Waals surface area contributed by atoms with Gasteiger partial charge in [-0.25, -0.2) is 4.79 Å². The van der Waals surface area contributed by atoms with Gasteiger partial charge in [0.15, 0.2) is 0 Å². The molecule has 0 saturated heterocycles. The maximum Gasteiger partial charge on any atom is 0.339 e. The molecule has 2 N–H and O–H groups in total. The third-order valence-electron chi connectivity index (χ3n) is 3.12. The molecule has 0 aliphatic carbocycles. The number of nitrogens with one attached hydrogen (secondary N) is 1. The van der Waals surface area contributed by atoms with E-state index in [-0.39, 0.29) is 5.56 Å². The Bertz CT molecular complexity index is 770. The van der Waals surface area contributed by atoms with Crippen molar-refractivity contribution in [3.8, 4) is 0 Å². The highest BCUT2D eigenvalue weighted by atomic mass is 16.4. The normalized spacial score (nSPS) is 10.7. The van der Waals surface area contributed by atoms with Crippen molar-refractivity contribution >= 4 is 22.6 Å². The van der Waals surface area contributed by atoms with Gasteiger partial charge in [0.1, 0.15) is 5.56 Å². The van der Waals surface area contributed by atoms with Gasteiger partial charge in [-0.2, -0.15) is 0 Å². The fourth-order valence-corrected chi connectivity index (χ4v) is 2.14. The van der Waals surface area contributed by atoms with Gasteiger partial charge in [-0.15, -0.1) is 5.10 Å². The Kier molecular flexibility index (Phi) is 3.46. The van der Waals surface area contributed by atoms with E-state index >= 15 is 0 Å². The molecule has 3 aromatic rings. The van der Waals surface area contributed by atoms with Crippen LogP contribution in [0.15, 0.2) is 42.9 Å². The number of rotatable bonds is 5. The van der Waals surface area contributed by atoms with Crippen LogP contribution in [-0.4, -0.2) is 37.6 Å². The van der Waals surface area contributed by atoms with Crippen molar-refractivity contribution in [2.24, 2.45) is 0 Å². The largest absolute Gasteiger partial charge is 0.478 e. The van der Waals surface area contributed by atoms with Gasteiger partial charge in [0.25, 0.3) is 0 Å². The highest BCUT2D eigenvalue weighted by Gasteiger charge is 2.13. The van der Waals surface area contributed by atoms with Crippen molar-refractivity contribution in [3.05, 3.63) is 48.4 Å². The zero-order valence-electron chi connectivity index (χ0n) is 11.1. The summed E-state index contributed by atoms with van der Waals surface area (Å²) >= 11 is 0. The van der Waals surface area contributed by atoms with Gasteiger partial charge in [0, 0.05) is 24.3 Å². The number of fused-ring (bicyclic) bond motifs is 1. The number of nitrogens with zero attached hydrogens (tertiary/aromatic N) is 4. The molecule has 0 fully saturated rings. The Hall–Kier alpha value is -2.96. The second-order valence-corrected chi connectivity index (χ2v) is 4.46. The molecule has 0 bridgehead atoms. The molecular formula is C14H13N5O2. The van der Waals surface area contributed by atoms with Gasteiger partial charge in [0.05, 0.1) is 23.9 Å². The summed E-state index contributed by atoms with van der Waals surface area (Å²) in [4.78, 5) is 15.5. The number of para-hydroxylation sites is 1. The van der Waals surface area contributed by atoms with E-state index in [0.29, 0.717) is 18.8 Å². The molecule has 1 aromatic carbocycles. The average molecular weight is 283 g/mol. The Morgan fingerprint density at radius 1 is 1.33 bits per heavy atom. The molecule has 0 saturated carbocycles. The van der Waals surface area contributed by atoms with Gasteiger partial charge in [0.2, 0.25) is 0 Å². The van der Waals surface area contributed by atoms with Crippen molar-refractivity contribution in [2.75, 3.05) is 11.9 Å². The topological polar surface area (TPSA) is 92.9 Å². The standard InChI is InChI=1S/C14H13N5O2/c20-14(21)11-9-16-12-4-2-1-3-10(12)13(11)15-5-7-19-8-6-17-18-19/h1-4,6,8-9H,5,7H2,(H,15,16)(H,20,21). The zero-order valence-corrected chi connectivity index (χ0v) is 11.1. The van der Waals surface area contributed by atoms with Gasteiger partial charge >= 0.3 is 5.97 Å². The second-order valence-electron chi connectivity index (χ2n) is 4.46. The van der Waals surface area contributed by atoms with E-state index in [9.17, 15) is 9.90 Å². The predicted molar refractivity (Wildman–Crippen MR) is 77.2 cm³/mol. The summed E-state index contributed by atoms with van der Waals surface area (Å²) in [7, 11) is 0. The molecular weight excluding hydrogens is 270 g/mol. The SMILES string of the molecule is O=C(O)c1cnc2ccccc2c1NCCn1ccnn1. The quantitative estimate of drug-likeness (QED) is 0.739. The first-order chi connectivity index (χ1) is 10.3. The number of pyridine rings is 1. The molecule has 7 nitrogen and oxygen atoms in total. The van der Waals surface area contributed by atoms with E-state index in [1.807, 2.05) is 24.3 Å². The molecule has 7 heteroatoms. The van der Waals surface area contributed by atoms with E-state index in [2.05, 4.69) is 20.6 Å². The Morgan fingerprint density at radius 2 is 2.19 bits per heavy atom. The summed E-state index contributed by atoms with van der Waals surface area (Å²) in [5, 5.41) is 20.8. The van der Waals surface area contributed by atoms with Crippen LogP contribution in [0.4, 0.5) is 5.69 Å². The highest BCUT2D eigenvalue weighted by Crippen LogP contribution is 2.25. The summed E-state index contributed by atoms with van der Waals surface area (Å²) in [5.41, 5.74) is 1.49. The van der Waals surface area contributed by atoms with Crippen LogP contribution >= 0.6 is 0 Å². The van der Waals surface area contributed by atoms with Gasteiger partial charge in [-0.3, -0.25) is 9.67 Å². The first kappa shape index (κ1) is 13.0. The first-order valence-electron chi connectivity index (χ1n) is 6.45. The molecule has 21 heavy (non-hydrogen) atoms. The molecule has 0 aliphatic rings. The fourth-order valence-electron chi connectivity index (χ4n) is 2.14. The van der Waals surface area contributed by atoms with E-state index in [1.165, 1.54) is 6.20 Å². The molecule has 2 aromatic heterocycles. The van der Waals surface area contributed by atoms with Crippen molar-refractivity contribution in [3.63, 3.8) is 0 Å². The van der Waals surface area contributed by atoms with Crippen LogP contribution in [0.5, 0.6) is 0 Å². The lowest BCUT2D eigenvalue weighted by molar-refractivity contribution is 0.0697. The second kappa shape index (κ2) is 5.58. The van der Waals surface area contributed by atoms with Crippen LogP contribution in [-0.2, 0) is 6.54 Å². The Labute approximate surface area is 120 Å². The maximum absolute atomic E-state index is 11.3. The summed E-state index contributed by atoms with van der Waals surface area (Å²) in [6.45, 7) is 1.13. The highest BCUT2D eigenvalue weighted by molar-refractivity contribution is 6.04. The summed E-state index contributed by atoms with van der Waals surface area (Å²) in [6.07, 6.45) is 4.73. The molecule has 3 rings (SSSR count). The van der Waals surface area contributed by atoms with Crippen LogP contribution in [0.3, 0.4) is 0 Å². The monoisotopic (exact) mass is 283 g/mol. The summed E-state index contributed by atoms with van der Waals surface area (Å²) < 4.78 is 1.68.